The summed E-state index contributed by atoms with van der Waals surface area (Å²) < 4.78 is 5.46. The zero-order valence-corrected chi connectivity index (χ0v) is 12.3. The van der Waals surface area contributed by atoms with E-state index in [0.29, 0.717) is 12.5 Å². The Bertz CT molecular complexity index is 380. The Balaban J connectivity index is 2.53. The quantitative estimate of drug-likeness (QED) is 0.618. The Kier molecular flexibility index (Phi) is 6.84. The smallest absolute Gasteiger partial charge is 0.122 e. The maximum atomic E-state index is 5.75. The fourth-order valence-electron chi connectivity index (χ4n) is 1.92. The minimum Gasteiger partial charge on any atom is -0.496 e. The molecule has 0 saturated heterocycles. The van der Waals surface area contributed by atoms with Crippen molar-refractivity contribution in [3.8, 4) is 5.75 Å². The van der Waals surface area contributed by atoms with E-state index < -0.39 is 0 Å². The molecule has 1 unspecified atom stereocenters. The molecule has 0 bridgehead atoms. The van der Waals surface area contributed by atoms with Gasteiger partial charge in [-0.25, -0.2) is 0 Å². The predicted octanol–water partition coefficient (Wildman–Crippen LogP) is 1.24. The van der Waals surface area contributed by atoms with Crippen molar-refractivity contribution in [2.24, 2.45) is 11.5 Å². The molecule has 108 valence electrons. The van der Waals surface area contributed by atoms with Gasteiger partial charge in [-0.1, -0.05) is 26.0 Å². The number of ether oxygens (including phenoxy) is 1. The van der Waals surface area contributed by atoms with Crippen molar-refractivity contribution in [1.82, 2.24) is 5.32 Å². The zero-order chi connectivity index (χ0) is 14.3. The number of rotatable bonds is 8. The van der Waals surface area contributed by atoms with Gasteiger partial charge in [0.05, 0.1) is 7.11 Å². The van der Waals surface area contributed by atoms with Crippen LogP contribution in [0, 0.1) is 0 Å². The van der Waals surface area contributed by atoms with Gasteiger partial charge in [0.15, 0.2) is 0 Å². The summed E-state index contributed by atoms with van der Waals surface area (Å²) in [5, 5.41) is 3.31. The Morgan fingerprint density at radius 1 is 1.32 bits per heavy atom. The molecule has 0 amide bonds. The van der Waals surface area contributed by atoms with Gasteiger partial charge in [-0.2, -0.15) is 0 Å². The first-order chi connectivity index (χ1) is 9.08. The van der Waals surface area contributed by atoms with Crippen LogP contribution in [0.5, 0.6) is 5.75 Å². The molecule has 0 aliphatic carbocycles. The molecule has 0 aliphatic heterocycles. The number of nitrogens with one attached hydrogen (secondary N) is 1. The monoisotopic (exact) mass is 265 g/mol. The van der Waals surface area contributed by atoms with Crippen molar-refractivity contribution >= 4 is 0 Å². The van der Waals surface area contributed by atoms with E-state index in [9.17, 15) is 0 Å². The summed E-state index contributed by atoms with van der Waals surface area (Å²) in [5.74, 6) is 1.49. The minimum atomic E-state index is 0.0326. The number of nitrogens with two attached hydrogens (primary N) is 2. The van der Waals surface area contributed by atoms with Gasteiger partial charge in [0, 0.05) is 19.1 Å². The first-order valence-electron chi connectivity index (χ1n) is 6.91. The van der Waals surface area contributed by atoms with Crippen LogP contribution >= 0.6 is 0 Å². The largest absolute Gasteiger partial charge is 0.496 e. The van der Waals surface area contributed by atoms with Crippen LogP contribution in [-0.2, 0) is 6.42 Å². The first-order valence-corrected chi connectivity index (χ1v) is 6.91. The lowest BCUT2D eigenvalue weighted by Crippen LogP contribution is -2.40. The molecule has 0 heterocycles. The van der Waals surface area contributed by atoms with Gasteiger partial charge in [0.25, 0.3) is 0 Å². The van der Waals surface area contributed by atoms with Crippen LogP contribution < -0.4 is 21.5 Å². The molecule has 19 heavy (non-hydrogen) atoms. The highest BCUT2D eigenvalue weighted by Gasteiger charge is 2.07. The molecule has 0 fully saturated rings. The predicted molar refractivity (Wildman–Crippen MR) is 80.7 cm³/mol. The maximum Gasteiger partial charge on any atom is 0.122 e. The molecule has 1 aromatic carbocycles. The van der Waals surface area contributed by atoms with Crippen molar-refractivity contribution in [1.29, 1.82) is 0 Å². The van der Waals surface area contributed by atoms with E-state index in [1.165, 1.54) is 11.1 Å². The average molecular weight is 265 g/mol. The first kappa shape index (κ1) is 16.0. The maximum absolute atomic E-state index is 5.75. The SMILES string of the molecule is COc1cc(C(C)C)ccc1CCNCC(N)CN. The highest BCUT2D eigenvalue weighted by Crippen LogP contribution is 2.24. The standard InChI is InChI=1S/C15H27N3O/c1-11(2)13-5-4-12(15(8-13)19-3)6-7-18-10-14(17)9-16/h4-5,8,11,14,18H,6-7,9-10,16-17H2,1-3H3. The Labute approximate surface area is 116 Å². The molecule has 5 N–H and O–H groups in total. The van der Waals surface area contributed by atoms with E-state index in [-0.39, 0.29) is 6.04 Å². The fourth-order valence-corrected chi connectivity index (χ4v) is 1.92. The van der Waals surface area contributed by atoms with Gasteiger partial charge in [-0.05, 0) is 36.1 Å². The molecule has 0 saturated carbocycles. The summed E-state index contributed by atoms with van der Waals surface area (Å²) in [7, 11) is 1.72. The van der Waals surface area contributed by atoms with Crippen LogP contribution in [-0.4, -0.2) is 32.8 Å². The summed E-state index contributed by atoms with van der Waals surface area (Å²) in [6, 6.07) is 6.49. The summed E-state index contributed by atoms with van der Waals surface area (Å²) in [5.41, 5.74) is 13.7. The van der Waals surface area contributed by atoms with Crippen LogP contribution in [0.4, 0.5) is 0 Å². The third-order valence-electron chi connectivity index (χ3n) is 3.26. The molecule has 1 rings (SSSR count). The summed E-state index contributed by atoms with van der Waals surface area (Å²) >= 11 is 0. The molecule has 1 aromatic rings. The van der Waals surface area contributed by atoms with E-state index in [0.717, 1.165) is 25.3 Å². The second-order valence-electron chi connectivity index (χ2n) is 5.18. The van der Waals surface area contributed by atoms with E-state index in [2.05, 4.69) is 37.4 Å². The Morgan fingerprint density at radius 3 is 2.63 bits per heavy atom. The van der Waals surface area contributed by atoms with E-state index in [4.69, 9.17) is 16.2 Å². The zero-order valence-electron chi connectivity index (χ0n) is 12.3. The molecule has 4 heteroatoms. The van der Waals surface area contributed by atoms with Gasteiger partial charge < -0.3 is 21.5 Å². The molecule has 1 atom stereocenters. The summed E-state index contributed by atoms with van der Waals surface area (Å²) in [4.78, 5) is 0. The Hall–Kier alpha value is -1.10. The molecule has 0 aromatic heterocycles. The second kappa shape index (κ2) is 8.15. The van der Waals surface area contributed by atoms with Gasteiger partial charge in [-0.3, -0.25) is 0 Å². The number of benzene rings is 1. The number of methoxy groups -OCH3 is 1. The molecule has 0 spiro atoms. The molecule has 0 aliphatic rings. The van der Waals surface area contributed by atoms with Gasteiger partial charge in [0.1, 0.15) is 5.75 Å². The van der Waals surface area contributed by atoms with Crippen molar-refractivity contribution in [2.45, 2.75) is 32.2 Å². The lowest BCUT2D eigenvalue weighted by molar-refractivity contribution is 0.408. The van der Waals surface area contributed by atoms with Crippen molar-refractivity contribution in [2.75, 3.05) is 26.7 Å². The molecule has 0 radical (unpaired) electrons. The summed E-state index contributed by atoms with van der Waals surface area (Å²) in [6.07, 6.45) is 0.929. The van der Waals surface area contributed by atoms with E-state index in [1.807, 2.05) is 0 Å². The van der Waals surface area contributed by atoms with Crippen molar-refractivity contribution in [3.05, 3.63) is 29.3 Å². The third kappa shape index (κ3) is 5.19. The third-order valence-corrected chi connectivity index (χ3v) is 3.26. The number of hydrogen-bond donors (Lipinski definition) is 3. The van der Waals surface area contributed by atoms with Crippen LogP contribution in [0.1, 0.15) is 30.9 Å². The van der Waals surface area contributed by atoms with Gasteiger partial charge in [0.2, 0.25) is 0 Å². The normalized spacial score (nSPS) is 12.7. The highest BCUT2D eigenvalue weighted by atomic mass is 16.5. The lowest BCUT2D eigenvalue weighted by Gasteiger charge is -2.14. The van der Waals surface area contributed by atoms with E-state index in [1.54, 1.807) is 7.11 Å². The highest BCUT2D eigenvalue weighted by molar-refractivity contribution is 5.38. The van der Waals surface area contributed by atoms with Crippen LogP contribution in [0.15, 0.2) is 18.2 Å². The van der Waals surface area contributed by atoms with Crippen LogP contribution in [0.3, 0.4) is 0 Å². The lowest BCUT2D eigenvalue weighted by atomic mass is 10.00. The number of hydrogen-bond acceptors (Lipinski definition) is 4. The summed E-state index contributed by atoms with van der Waals surface area (Å²) in [6.45, 7) is 6.52. The van der Waals surface area contributed by atoms with Crippen LogP contribution in [0.25, 0.3) is 0 Å². The second-order valence-corrected chi connectivity index (χ2v) is 5.18. The molecule has 4 nitrogen and oxygen atoms in total. The average Bonchev–Trinajstić information content (AvgIpc) is 2.42. The molecular formula is C15H27N3O. The minimum absolute atomic E-state index is 0.0326. The Morgan fingerprint density at radius 2 is 2.05 bits per heavy atom. The molecular weight excluding hydrogens is 238 g/mol. The topological polar surface area (TPSA) is 73.3 Å². The van der Waals surface area contributed by atoms with Gasteiger partial charge in [-0.15, -0.1) is 0 Å². The fraction of sp³-hybridized carbons (Fsp3) is 0.600. The van der Waals surface area contributed by atoms with Gasteiger partial charge >= 0.3 is 0 Å². The van der Waals surface area contributed by atoms with Crippen molar-refractivity contribution < 1.29 is 4.74 Å². The van der Waals surface area contributed by atoms with Crippen LogP contribution in [0.2, 0.25) is 0 Å². The van der Waals surface area contributed by atoms with Crippen molar-refractivity contribution in [3.63, 3.8) is 0 Å². The van der Waals surface area contributed by atoms with E-state index >= 15 is 0 Å².